The maximum absolute atomic E-state index is 5.87. The monoisotopic (exact) mass is 379 g/mol. The molecule has 0 radical (unpaired) electrons. The lowest BCUT2D eigenvalue weighted by Gasteiger charge is -2.24. The summed E-state index contributed by atoms with van der Waals surface area (Å²) >= 11 is 0. The molecule has 3 aromatic rings. The van der Waals surface area contributed by atoms with Gasteiger partial charge in [-0.2, -0.15) is 0 Å². The van der Waals surface area contributed by atoms with Crippen molar-refractivity contribution in [3.63, 3.8) is 0 Å². The second-order valence-electron chi connectivity index (χ2n) is 6.87. The third-order valence-corrected chi connectivity index (χ3v) is 4.91. The largest absolute Gasteiger partial charge is 0.494 e. The molecule has 146 valence electrons. The Hall–Kier alpha value is -2.93. The molecule has 0 amide bonds. The first kappa shape index (κ1) is 18.4. The normalized spacial score (nSPS) is 15.9. The van der Waals surface area contributed by atoms with Crippen molar-refractivity contribution in [2.45, 2.75) is 39.2 Å². The van der Waals surface area contributed by atoms with Crippen LogP contribution >= 0.6 is 0 Å². The first-order valence-corrected chi connectivity index (χ1v) is 9.61. The van der Waals surface area contributed by atoms with Crippen molar-refractivity contribution < 1.29 is 9.47 Å². The predicted molar refractivity (Wildman–Crippen MR) is 107 cm³/mol. The molecule has 1 aromatic carbocycles. The zero-order valence-corrected chi connectivity index (χ0v) is 16.5. The molecular formula is C21H25N5O2. The van der Waals surface area contributed by atoms with Crippen LogP contribution in [0.15, 0.2) is 36.9 Å². The summed E-state index contributed by atoms with van der Waals surface area (Å²) in [4.78, 5) is 13.5. The topological polar surface area (TPSA) is 74.1 Å². The minimum atomic E-state index is 0.0543. The van der Waals surface area contributed by atoms with Gasteiger partial charge < -0.3 is 19.4 Å². The number of nitrogens with zero attached hydrogens (tertiary/aromatic N) is 4. The van der Waals surface area contributed by atoms with E-state index in [9.17, 15) is 0 Å². The Morgan fingerprint density at radius 2 is 2.18 bits per heavy atom. The van der Waals surface area contributed by atoms with Crippen LogP contribution in [-0.4, -0.2) is 33.2 Å². The molecule has 1 unspecified atom stereocenters. The summed E-state index contributed by atoms with van der Waals surface area (Å²) in [6.45, 7) is 4.66. The highest BCUT2D eigenvalue weighted by molar-refractivity contribution is 5.62. The lowest BCUT2D eigenvalue weighted by molar-refractivity contribution is 0.0467. The van der Waals surface area contributed by atoms with E-state index in [1.165, 1.54) is 5.56 Å². The molecule has 1 aliphatic carbocycles. The van der Waals surface area contributed by atoms with E-state index < -0.39 is 0 Å². The van der Waals surface area contributed by atoms with E-state index in [1.54, 1.807) is 13.4 Å². The molecule has 7 nitrogen and oxygen atoms in total. The van der Waals surface area contributed by atoms with Crippen LogP contribution in [0.2, 0.25) is 0 Å². The van der Waals surface area contributed by atoms with Crippen molar-refractivity contribution in [2.75, 3.05) is 19.0 Å². The number of hydrogen-bond acceptors (Lipinski definition) is 6. The zero-order valence-electron chi connectivity index (χ0n) is 16.5. The van der Waals surface area contributed by atoms with Gasteiger partial charge in [0, 0.05) is 30.8 Å². The molecule has 0 fully saturated rings. The number of aromatic nitrogens is 4. The van der Waals surface area contributed by atoms with E-state index in [4.69, 9.17) is 14.5 Å². The summed E-state index contributed by atoms with van der Waals surface area (Å²) in [5.41, 5.74) is 4.93. The second kappa shape index (κ2) is 7.98. The van der Waals surface area contributed by atoms with Crippen molar-refractivity contribution in [1.29, 1.82) is 0 Å². The van der Waals surface area contributed by atoms with Crippen LogP contribution in [0.1, 0.15) is 42.8 Å². The Balaban J connectivity index is 1.60. The number of rotatable bonds is 6. The average molecular weight is 379 g/mol. The quantitative estimate of drug-likeness (QED) is 0.694. The Morgan fingerprint density at radius 1 is 1.29 bits per heavy atom. The fourth-order valence-corrected chi connectivity index (χ4v) is 3.58. The third-order valence-electron chi connectivity index (χ3n) is 4.91. The molecule has 0 bridgehead atoms. The molecule has 0 spiro atoms. The highest BCUT2D eigenvalue weighted by Gasteiger charge is 2.23. The SMILES string of the molecule is CCOC1CCCc2cnc(Nc3ccc(-n4cnc(C)c4)c(OC)c3)nc21. The van der Waals surface area contributed by atoms with Crippen LogP contribution in [0.5, 0.6) is 5.75 Å². The molecule has 1 aliphatic rings. The summed E-state index contributed by atoms with van der Waals surface area (Å²) in [6.07, 6.45) is 8.83. The van der Waals surface area contributed by atoms with Gasteiger partial charge in [0.1, 0.15) is 5.75 Å². The van der Waals surface area contributed by atoms with Gasteiger partial charge in [0.05, 0.1) is 36.6 Å². The molecule has 0 saturated carbocycles. The molecule has 2 aromatic heterocycles. The summed E-state index contributed by atoms with van der Waals surface area (Å²) in [5.74, 6) is 1.31. The predicted octanol–water partition coefficient (Wildman–Crippen LogP) is 4.14. The van der Waals surface area contributed by atoms with E-state index in [2.05, 4.69) is 15.3 Å². The molecule has 1 atom stereocenters. The first-order chi connectivity index (χ1) is 13.7. The molecule has 2 heterocycles. The van der Waals surface area contributed by atoms with E-state index in [1.807, 2.05) is 49.0 Å². The van der Waals surface area contributed by atoms with Crippen LogP contribution in [0.4, 0.5) is 11.6 Å². The fraction of sp³-hybridized carbons (Fsp3) is 0.381. The van der Waals surface area contributed by atoms with Crippen LogP contribution in [0.3, 0.4) is 0 Å². The number of aryl methyl sites for hydroxylation is 2. The lowest BCUT2D eigenvalue weighted by atomic mass is 9.95. The van der Waals surface area contributed by atoms with Crippen LogP contribution in [0, 0.1) is 6.92 Å². The lowest BCUT2D eigenvalue weighted by Crippen LogP contribution is -2.16. The highest BCUT2D eigenvalue weighted by Crippen LogP contribution is 2.32. The Bertz CT molecular complexity index is 969. The van der Waals surface area contributed by atoms with Gasteiger partial charge >= 0.3 is 0 Å². The summed E-state index contributed by atoms with van der Waals surface area (Å²) < 4.78 is 13.4. The van der Waals surface area contributed by atoms with Gasteiger partial charge in [0.2, 0.25) is 5.95 Å². The van der Waals surface area contributed by atoms with Crippen molar-refractivity contribution in [3.8, 4) is 11.4 Å². The Morgan fingerprint density at radius 3 is 2.93 bits per heavy atom. The van der Waals surface area contributed by atoms with Crippen LogP contribution in [0.25, 0.3) is 5.69 Å². The molecule has 0 aliphatic heterocycles. The zero-order chi connectivity index (χ0) is 19.5. The van der Waals surface area contributed by atoms with E-state index in [0.717, 1.165) is 47.8 Å². The smallest absolute Gasteiger partial charge is 0.227 e. The number of nitrogens with one attached hydrogen (secondary N) is 1. The summed E-state index contributed by atoms with van der Waals surface area (Å²) in [7, 11) is 1.66. The number of ether oxygens (including phenoxy) is 2. The standard InChI is InChI=1S/C21H25N5O2/c1-4-28-18-7-5-6-15-11-22-21(25-20(15)18)24-16-8-9-17(19(10-16)27-3)26-12-14(2)23-13-26/h8-13,18H,4-7H2,1-3H3,(H,22,24,25). The van der Waals surface area contributed by atoms with E-state index >= 15 is 0 Å². The first-order valence-electron chi connectivity index (χ1n) is 9.61. The van der Waals surface area contributed by atoms with E-state index in [0.29, 0.717) is 12.6 Å². The summed E-state index contributed by atoms with van der Waals surface area (Å²) in [5, 5.41) is 3.29. The third kappa shape index (κ3) is 3.71. The van der Waals surface area contributed by atoms with Gasteiger partial charge in [0.25, 0.3) is 0 Å². The Labute approximate surface area is 164 Å². The average Bonchev–Trinajstić information content (AvgIpc) is 3.14. The maximum atomic E-state index is 5.87. The van der Waals surface area contributed by atoms with Crippen LogP contribution in [-0.2, 0) is 11.2 Å². The molecule has 4 rings (SSSR count). The molecule has 7 heteroatoms. The van der Waals surface area contributed by atoms with Gasteiger partial charge in [-0.3, -0.25) is 0 Å². The minimum Gasteiger partial charge on any atom is -0.494 e. The van der Waals surface area contributed by atoms with E-state index in [-0.39, 0.29) is 6.10 Å². The Kier molecular flexibility index (Phi) is 5.25. The number of anilines is 2. The number of hydrogen-bond donors (Lipinski definition) is 1. The molecule has 28 heavy (non-hydrogen) atoms. The number of imidazole rings is 1. The van der Waals surface area contributed by atoms with Crippen molar-refractivity contribution >= 4 is 11.6 Å². The molecular weight excluding hydrogens is 354 g/mol. The maximum Gasteiger partial charge on any atom is 0.227 e. The van der Waals surface area contributed by atoms with Crippen LogP contribution < -0.4 is 10.1 Å². The van der Waals surface area contributed by atoms with Gasteiger partial charge in [-0.15, -0.1) is 0 Å². The van der Waals surface area contributed by atoms with Gasteiger partial charge in [-0.1, -0.05) is 0 Å². The number of fused-ring (bicyclic) bond motifs is 1. The van der Waals surface area contributed by atoms with Crippen molar-refractivity contribution in [2.24, 2.45) is 0 Å². The second-order valence-corrected chi connectivity index (χ2v) is 6.87. The van der Waals surface area contributed by atoms with Crippen molar-refractivity contribution in [1.82, 2.24) is 19.5 Å². The highest BCUT2D eigenvalue weighted by atomic mass is 16.5. The molecule has 0 saturated heterocycles. The van der Waals surface area contributed by atoms with Gasteiger partial charge in [0.15, 0.2) is 0 Å². The number of methoxy groups -OCH3 is 1. The minimum absolute atomic E-state index is 0.0543. The van der Waals surface area contributed by atoms with Gasteiger partial charge in [-0.25, -0.2) is 15.0 Å². The van der Waals surface area contributed by atoms with Gasteiger partial charge in [-0.05, 0) is 50.8 Å². The fourth-order valence-electron chi connectivity index (χ4n) is 3.58. The number of benzene rings is 1. The summed E-state index contributed by atoms with van der Waals surface area (Å²) in [6, 6.07) is 5.91. The molecule has 1 N–H and O–H groups in total. The van der Waals surface area contributed by atoms with Crippen molar-refractivity contribution in [3.05, 3.63) is 53.9 Å².